The lowest BCUT2D eigenvalue weighted by molar-refractivity contribution is -0.143. The van der Waals surface area contributed by atoms with Gasteiger partial charge < -0.3 is 37.6 Å². The van der Waals surface area contributed by atoms with E-state index in [4.69, 9.17) is 21.7 Å². The highest BCUT2D eigenvalue weighted by Gasteiger charge is 2.21. The number of carboxylic acid groups (broad SMARTS) is 2. The molecule has 0 aliphatic carbocycles. The molecule has 26 heavy (non-hydrogen) atoms. The van der Waals surface area contributed by atoms with E-state index in [1.165, 1.54) is 0 Å². The van der Waals surface area contributed by atoms with Gasteiger partial charge in [0.1, 0.15) is 6.04 Å². The normalized spacial score (nSPS) is 12.3. The molecule has 0 heterocycles. The largest absolute Gasteiger partial charge is 0.481 e. The number of nitrogens with two attached hydrogens (primary N) is 2. The average molecular weight is 375 g/mol. The Bertz CT molecular complexity index is 579. The lowest BCUT2D eigenvalue weighted by atomic mass is 10.1. The molecule has 0 aromatic heterocycles. The van der Waals surface area contributed by atoms with Gasteiger partial charge in [0.05, 0.1) is 25.6 Å². The minimum absolute atomic E-state index is 0.321. The quantitative estimate of drug-likeness (QED) is 0.175. The second-order valence-electron chi connectivity index (χ2n) is 5.16. The lowest BCUT2D eigenvalue weighted by Gasteiger charge is -2.14. The number of aliphatic carboxylic acids is 2. The maximum Gasteiger partial charge on any atom is 0.326 e. The summed E-state index contributed by atoms with van der Waals surface area (Å²) in [7, 11) is 0. The SMILES string of the molecule is NC(=O)CC(N)C(=O)NCC(=O)NCC(=O)NC(CCC(=O)O)C(=O)O. The average Bonchev–Trinajstić information content (AvgIpc) is 2.53. The molecule has 0 aromatic carbocycles. The van der Waals surface area contributed by atoms with Crippen molar-refractivity contribution in [2.45, 2.75) is 31.3 Å². The third-order valence-electron chi connectivity index (χ3n) is 2.91. The van der Waals surface area contributed by atoms with Crippen molar-refractivity contribution in [2.75, 3.05) is 13.1 Å². The molecular weight excluding hydrogens is 354 g/mol. The van der Waals surface area contributed by atoms with Crippen LogP contribution in [0.15, 0.2) is 0 Å². The van der Waals surface area contributed by atoms with E-state index in [-0.39, 0.29) is 6.42 Å². The van der Waals surface area contributed by atoms with E-state index >= 15 is 0 Å². The highest BCUT2D eigenvalue weighted by atomic mass is 16.4. The van der Waals surface area contributed by atoms with Crippen LogP contribution < -0.4 is 27.4 Å². The molecule has 0 radical (unpaired) electrons. The molecule has 0 aliphatic rings. The number of primary amides is 1. The summed E-state index contributed by atoms with van der Waals surface area (Å²) in [6, 6.07) is -2.63. The summed E-state index contributed by atoms with van der Waals surface area (Å²) in [4.78, 5) is 66.5. The van der Waals surface area contributed by atoms with Gasteiger partial charge in [-0.15, -0.1) is 0 Å². The lowest BCUT2D eigenvalue weighted by Crippen LogP contribution is -2.49. The Kier molecular flexibility index (Phi) is 9.95. The van der Waals surface area contributed by atoms with Crippen LogP contribution in [0.2, 0.25) is 0 Å². The summed E-state index contributed by atoms with van der Waals surface area (Å²) in [5.74, 6) is -5.83. The first-order chi connectivity index (χ1) is 12.0. The number of rotatable bonds is 12. The van der Waals surface area contributed by atoms with Gasteiger partial charge in [-0.25, -0.2) is 4.79 Å². The predicted molar refractivity (Wildman–Crippen MR) is 84.2 cm³/mol. The minimum Gasteiger partial charge on any atom is -0.481 e. The zero-order valence-electron chi connectivity index (χ0n) is 13.7. The van der Waals surface area contributed by atoms with Gasteiger partial charge in [0, 0.05) is 6.42 Å². The number of carbonyl (C=O) groups is 6. The number of nitrogens with one attached hydrogen (secondary N) is 3. The summed E-state index contributed by atoms with van der Waals surface area (Å²) >= 11 is 0. The standard InChI is InChI=1S/C13H21N5O8/c14-6(3-8(15)19)12(24)17-4-9(20)16-5-10(21)18-7(13(25)26)1-2-11(22)23/h6-7H,1-5,14H2,(H2,15,19)(H,16,20)(H,17,24)(H,18,21)(H,22,23)(H,25,26). The summed E-state index contributed by atoms with van der Waals surface area (Å²) in [5, 5.41) is 23.7. The van der Waals surface area contributed by atoms with E-state index in [1.807, 2.05) is 0 Å². The topological polar surface area (TPSA) is 231 Å². The van der Waals surface area contributed by atoms with Gasteiger partial charge in [0.25, 0.3) is 0 Å². The molecule has 146 valence electrons. The van der Waals surface area contributed by atoms with Crippen LogP contribution in [-0.2, 0) is 28.8 Å². The Hall–Kier alpha value is -3.22. The van der Waals surface area contributed by atoms with E-state index in [9.17, 15) is 28.8 Å². The number of hydrogen-bond donors (Lipinski definition) is 7. The molecule has 4 amide bonds. The van der Waals surface area contributed by atoms with Crippen LogP contribution in [0.5, 0.6) is 0 Å². The van der Waals surface area contributed by atoms with Crippen molar-refractivity contribution in [3.8, 4) is 0 Å². The fraction of sp³-hybridized carbons (Fsp3) is 0.538. The summed E-state index contributed by atoms with van der Waals surface area (Å²) in [6.07, 6.45) is -1.18. The number of amides is 4. The van der Waals surface area contributed by atoms with Crippen LogP contribution in [0.1, 0.15) is 19.3 Å². The number of hydrogen-bond acceptors (Lipinski definition) is 7. The molecule has 0 aromatic rings. The zero-order valence-corrected chi connectivity index (χ0v) is 13.7. The van der Waals surface area contributed by atoms with Gasteiger partial charge in [0.15, 0.2) is 0 Å². The second kappa shape index (κ2) is 11.4. The summed E-state index contributed by atoms with van der Waals surface area (Å²) in [5.41, 5.74) is 10.2. The van der Waals surface area contributed by atoms with Crippen molar-refractivity contribution in [2.24, 2.45) is 11.5 Å². The van der Waals surface area contributed by atoms with Crippen LogP contribution in [0.3, 0.4) is 0 Å². The molecular formula is C13H21N5O8. The molecule has 13 heteroatoms. The maximum absolute atomic E-state index is 11.6. The minimum atomic E-state index is -1.42. The summed E-state index contributed by atoms with van der Waals surface area (Å²) in [6.45, 7) is -1.11. The Morgan fingerprint density at radius 2 is 1.50 bits per heavy atom. The van der Waals surface area contributed by atoms with Gasteiger partial charge in [0.2, 0.25) is 23.6 Å². The molecule has 2 unspecified atom stereocenters. The van der Waals surface area contributed by atoms with E-state index < -0.39 is 73.6 Å². The smallest absolute Gasteiger partial charge is 0.326 e. The molecule has 0 saturated heterocycles. The molecule has 2 atom stereocenters. The maximum atomic E-state index is 11.6. The third kappa shape index (κ3) is 10.5. The van der Waals surface area contributed by atoms with Crippen LogP contribution >= 0.6 is 0 Å². The highest BCUT2D eigenvalue weighted by molar-refractivity contribution is 5.92. The number of carboxylic acids is 2. The van der Waals surface area contributed by atoms with E-state index in [1.54, 1.807) is 0 Å². The Labute approximate surface area is 147 Å². The van der Waals surface area contributed by atoms with E-state index in [0.717, 1.165) is 0 Å². The van der Waals surface area contributed by atoms with Crippen LogP contribution in [0, 0.1) is 0 Å². The highest BCUT2D eigenvalue weighted by Crippen LogP contribution is 1.97. The molecule has 9 N–H and O–H groups in total. The van der Waals surface area contributed by atoms with Crippen molar-refractivity contribution in [3.63, 3.8) is 0 Å². The van der Waals surface area contributed by atoms with Gasteiger partial charge in [-0.1, -0.05) is 0 Å². The predicted octanol–water partition coefficient (Wildman–Crippen LogP) is -4.14. The monoisotopic (exact) mass is 375 g/mol. The Morgan fingerprint density at radius 1 is 0.923 bits per heavy atom. The fourth-order valence-corrected chi connectivity index (χ4v) is 1.62. The van der Waals surface area contributed by atoms with Crippen molar-refractivity contribution < 1.29 is 39.0 Å². The summed E-state index contributed by atoms with van der Waals surface area (Å²) < 4.78 is 0. The van der Waals surface area contributed by atoms with Crippen molar-refractivity contribution in [1.82, 2.24) is 16.0 Å². The van der Waals surface area contributed by atoms with Crippen LogP contribution in [-0.4, -0.2) is 71.0 Å². The van der Waals surface area contributed by atoms with Crippen molar-refractivity contribution in [1.29, 1.82) is 0 Å². The van der Waals surface area contributed by atoms with E-state index in [2.05, 4.69) is 16.0 Å². The number of carbonyl (C=O) groups excluding carboxylic acids is 4. The van der Waals surface area contributed by atoms with Gasteiger partial charge in [-0.05, 0) is 6.42 Å². The molecule has 13 nitrogen and oxygen atoms in total. The van der Waals surface area contributed by atoms with Gasteiger partial charge in [-0.3, -0.25) is 24.0 Å². The first-order valence-electron chi connectivity index (χ1n) is 7.35. The van der Waals surface area contributed by atoms with E-state index in [0.29, 0.717) is 0 Å². The van der Waals surface area contributed by atoms with Crippen molar-refractivity contribution in [3.05, 3.63) is 0 Å². The van der Waals surface area contributed by atoms with Crippen LogP contribution in [0.25, 0.3) is 0 Å². The van der Waals surface area contributed by atoms with Gasteiger partial charge >= 0.3 is 11.9 Å². The molecule has 0 aliphatic heterocycles. The molecule has 0 bridgehead atoms. The Morgan fingerprint density at radius 3 is 2.00 bits per heavy atom. The first kappa shape index (κ1) is 22.8. The second-order valence-corrected chi connectivity index (χ2v) is 5.16. The first-order valence-corrected chi connectivity index (χ1v) is 7.35. The van der Waals surface area contributed by atoms with Crippen LogP contribution in [0.4, 0.5) is 0 Å². The third-order valence-corrected chi connectivity index (χ3v) is 2.91. The molecule has 0 rings (SSSR count). The van der Waals surface area contributed by atoms with Gasteiger partial charge in [-0.2, -0.15) is 0 Å². The molecule has 0 saturated carbocycles. The molecule has 0 spiro atoms. The fourth-order valence-electron chi connectivity index (χ4n) is 1.62. The Balaban J connectivity index is 4.22. The van der Waals surface area contributed by atoms with Crippen molar-refractivity contribution >= 4 is 35.6 Å². The zero-order chi connectivity index (χ0) is 20.3. The molecule has 0 fully saturated rings.